The molecule has 3 nitrogen and oxygen atoms in total. The number of H-pyrrole nitrogens is 1. The van der Waals surface area contributed by atoms with Gasteiger partial charge in [0.2, 0.25) is 0 Å². The minimum absolute atomic E-state index is 0.0319. The van der Waals surface area contributed by atoms with Crippen LogP contribution < -0.4 is 4.87 Å². The van der Waals surface area contributed by atoms with E-state index in [2.05, 4.69) is 9.97 Å². The molecule has 0 saturated carbocycles. The zero-order chi connectivity index (χ0) is 9.26. The molecule has 0 aliphatic rings. The molecule has 66 valence electrons. The number of pyridine rings is 1. The SMILES string of the molecule is Cc1ccc(-c2csc(=O)[nH]2)cn1. The molecule has 0 fully saturated rings. The van der Waals surface area contributed by atoms with Crippen LogP contribution in [0.15, 0.2) is 28.5 Å². The topological polar surface area (TPSA) is 45.8 Å². The zero-order valence-electron chi connectivity index (χ0n) is 7.07. The van der Waals surface area contributed by atoms with Crippen LogP contribution in [0.5, 0.6) is 0 Å². The van der Waals surface area contributed by atoms with Crippen molar-refractivity contribution in [2.24, 2.45) is 0 Å². The van der Waals surface area contributed by atoms with Gasteiger partial charge in [-0.25, -0.2) is 0 Å². The molecule has 2 aromatic rings. The van der Waals surface area contributed by atoms with Crippen LogP contribution in [0.25, 0.3) is 11.3 Å². The molecule has 4 heteroatoms. The third-order valence-corrected chi connectivity index (χ3v) is 2.41. The number of aromatic amines is 1. The summed E-state index contributed by atoms with van der Waals surface area (Å²) >= 11 is 1.16. The van der Waals surface area contributed by atoms with Crippen molar-refractivity contribution in [2.75, 3.05) is 0 Å². The van der Waals surface area contributed by atoms with Gasteiger partial charge in [-0.2, -0.15) is 0 Å². The molecule has 0 saturated heterocycles. The predicted molar refractivity (Wildman–Crippen MR) is 52.9 cm³/mol. The van der Waals surface area contributed by atoms with Gasteiger partial charge in [-0.05, 0) is 19.1 Å². The molecule has 0 aliphatic carbocycles. The van der Waals surface area contributed by atoms with Gasteiger partial charge in [0.25, 0.3) is 0 Å². The molecular weight excluding hydrogens is 184 g/mol. The van der Waals surface area contributed by atoms with Gasteiger partial charge in [-0.3, -0.25) is 9.78 Å². The first kappa shape index (κ1) is 8.19. The van der Waals surface area contributed by atoms with Crippen molar-refractivity contribution < 1.29 is 0 Å². The van der Waals surface area contributed by atoms with E-state index in [9.17, 15) is 4.79 Å². The summed E-state index contributed by atoms with van der Waals surface area (Å²) in [4.78, 5) is 17.7. The maximum Gasteiger partial charge on any atom is 0.304 e. The molecule has 0 atom stereocenters. The molecule has 0 spiro atoms. The lowest BCUT2D eigenvalue weighted by molar-refractivity contribution is 1.19. The van der Waals surface area contributed by atoms with E-state index in [1.54, 1.807) is 11.6 Å². The molecule has 0 unspecified atom stereocenters. The fraction of sp³-hybridized carbons (Fsp3) is 0.111. The van der Waals surface area contributed by atoms with Gasteiger partial charge in [-0.15, -0.1) is 0 Å². The second-order valence-corrected chi connectivity index (χ2v) is 3.59. The van der Waals surface area contributed by atoms with Crippen molar-refractivity contribution >= 4 is 11.3 Å². The molecule has 0 amide bonds. The summed E-state index contributed by atoms with van der Waals surface area (Å²) in [6.45, 7) is 1.93. The van der Waals surface area contributed by atoms with Crippen molar-refractivity contribution in [3.63, 3.8) is 0 Å². The van der Waals surface area contributed by atoms with Gasteiger partial charge in [0.1, 0.15) is 0 Å². The smallest absolute Gasteiger partial charge is 0.304 e. The van der Waals surface area contributed by atoms with E-state index in [1.807, 2.05) is 19.1 Å². The Morgan fingerprint density at radius 3 is 2.85 bits per heavy atom. The summed E-state index contributed by atoms with van der Waals surface area (Å²) in [5.74, 6) is 0. The highest BCUT2D eigenvalue weighted by Crippen LogP contribution is 2.15. The minimum Gasteiger partial charge on any atom is -0.312 e. The first-order valence-electron chi connectivity index (χ1n) is 3.86. The standard InChI is InChI=1S/C9H8N2OS/c1-6-2-3-7(4-10-6)8-5-13-9(12)11-8/h2-5H,1H3,(H,11,12). The van der Waals surface area contributed by atoms with Crippen LogP contribution in [0.3, 0.4) is 0 Å². The van der Waals surface area contributed by atoms with Crippen LogP contribution in [0.4, 0.5) is 0 Å². The predicted octanol–water partition coefficient (Wildman–Crippen LogP) is 1.81. The fourth-order valence-corrected chi connectivity index (χ4v) is 1.64. The lowest BCUT2D eigenvalue weighted by Gasteiger charge is -1.95. The van der Waals surface area contributed by atoms with E-state index in [0.717, 1.165) is 28.3 Å². The summed E-state index contributed by atoms with van der Waals surface area (Å²) in [5, 5.41) is 1.80. The molecule has 0 radical (unpaired) electrons. The van der Waals surface area contributed by atoms with E-state index in [1.165, 1.54) is 0 Å². The van der Waals surface area contributed by atoms with Crippen LogP contribution in [0.2, 0.25) is 0 Å². The van der Waals surface area contributed by atoms with Crippen molar-refractivity contribution in [2.45, 2.75) is 6.92 Å². The number of thiazole rings is 1. The molecule has 0 aliphatic heterocycles. The van der Waals surface area contributed by atoms with Gasteiger partial charge in [-0.1, -0.05) is 11.3 Å². The summed E-state index contributed by atoms with van der Waals surface area (Å²) < 4.78 is 0. The molecule has 2 aromatic heterocycles. The average molecular weight is 192 g/mol. The van der Waals surface area contributed by atoms with Crippen molar-refractivity contribution in [3.8, 4) is 11.3 Å². The highest BCUT2D eigenvalue weighted by Gasteiger charge is 1.99. The quantitative estimate of drug-likeness (QED) is 0.749. The van der Waals surface area contributed by atoms with Crippen LogP contribution >= 0.6 is 11.3 Å². The number of aromatic nitrogens is 2. The Morgan fingerprint density at radius 2 is 2.31 bits per heavy atom. The molecule has 2 rings (SSSR count). The van der Waals surface area contributed by atoms with Crippen molar-refractivity contribution in [3.05, 3.63) is 39.1 Å². The maximum absolute atomic E-state index is 10.9. The van der Waals surface area contributed by atoms with E-state index in [-0.39, 0.29) is 4.87 Å². The summed E-state index contributed by atoms with van der Waals surface area (Å²) in [6, 6.07) is 3.87. The van der Waals surface area contributed by atoms with Gasteiger partial charge < -0.3 is 4.98 Å². The van der Waals surface area contributed by atoms with Crippen molar-refractivity contribution in [1.82, 2.24) is 9.97 Å². The molecule has 0 aromatic carbocycles. The number of hydrogen-bond donors (Lipinski definition) is 1. The second-order valence-electron chi connectivity index (χ2n) is 2.75. The lowest BCUT2D eigenvalue weighted by atomic mass is 10.2. The Labute approximate surface area is 79.1 Å². The molecule has 1 N–H and O–H groups in total. The van der Waals surface area contributed by atoms with Crippen molar-refractivity contribution in [1.29, 1.82) is 0 Å². The first-order chi connectivity index (χ1) is 6.25. The van der Waals surface area contributed by atoms with Gasteiger partial charge in [0, 0.05) is 22.8 Å². The first-order valence-corrected chi connectivity index (χ1v) is 4.74. The number of nitrogens with zero attached hydrogens (tertiary/aromatic N) is 1. The van der Waals surface area contributed by atoms with Crippen LogP contribution in [0.1, 0.15) is 5.69 Å². The molecular formula is C9H8N2OS. The van der Waals surface area contributed by atoms with Gasteiger partial charge >= 0.3 is 4.87 Å². The number of rotatable bonds is 1. The Morgan fingerprint density at radius 1 is 1.46 bits per heavy atom. The highest BCUT2D eigenvalue weighted by molar-refractivity contribution is 7.07. The summed E-state index contributed by atoms with van der Waals surface area (Å²) in [6.07, 6.45) is 1.76. The number of nitrogens with one attached hydrogen (secondary N) is 1. The van der Waals surface area contributed by atoms with Crippen LogP contribution in [-0.4, -0.2) is 9.97 Å². The van der Waals surface area contributed by atoms with E-state index < -0.39 is 0 Å². The average Bonchev–Trinajstić information content (AvgIpc) is 2.53. The third-order valence-electron chi connectivity index (χ3n) is 1.74. The lowest BCUT2D eigenvalue weighted by Crippen LogP contribution is -1.92. The van der Waals surface area contributed by atoms with E-state index >= 15 is 0 Å². The molecule has 2 heterocycles. The number of aryl methyl sites for hydroxylation is 1. The summed E-state index contributed by atoms with van der Waals surface area (Å²) in [7, 11) is 0. The zero-order valence-corrected chi connectivity index (χ0v) is 7.89. The maximum atomic E-state index is 10.9. The van der Waals surface area contributed by atoms with Gasteiger partial charge in [0.15, 0.2) is 0 Å². The normalized spacial score (nSPS) is 10.2. The Hall–Kier alpha value is -1.42. The van der Waals surface area contributed by atoms with Crippen LogP contribution in [0, 0.1) is 6.92 Å². The van der Waals surface area contributed by atoms with Crippen LogP contribution in [-0.2, 0) is 0 Å². The monoisotopic (exact) mass is 192 g/mol. The Bertz CT molecular complexity index is 455. The Balaban J connectivity index is 2.47. The third kappa shape index (κ3) is 1.67. The second kappa shape index (κ2) is 3.14. The largest absolute Gasteiger partial charge is 0.312 e. The van der Waals surface area contributed by atoms with Gasteiger partial charge in [0.05, 0.1) is 5.69 Å². The molecule has 0 bridgehead atoms. The van der Waals surface area contributed by atoms with E-state index in [0.29, 0.717) is 0 Å². The highest BCUT2D eigenvalue weighted by atomic mass is 32.1. The minimum atomic E-state index is -0.0319. The number of hydrogen-bond acceptors (Lipinski definition) is 3. The summed E-state index contributed by atoms with van der Waals surface area (Å²) in [5.41, 5.74) is 2.76. The van der Waals surface area contributed by atoms with E-state index in [4.69, 9.17) is 0 Å². The Kier molecular flexibility index (Phi) is 1.98. The fourth-order valence-electron chi connectivity index (χ4n) is 1.05. The molecule has 13 heavy (non-hydrogen) atoms.